The zero-order chi connectivity index (χ0) is 11.6. The van der Waals surface area contributed by atoms with E-state index in [0.29, 0.717) is 12.8 Å². The number of aromatic nitrogens is 2. The van der Waals surface area contributed by atoms with Crippen LogP contribution in [-0.2, 0) is 6.54 Å². The van der Waals surface area contributed by atoms with Crippen LogP contribution in [0.4, 0.5) is 8.78 Å². The molecule has 0 bridgehead atoms. The van der Waals surface area contributed by atoms with Gasteiger partial charge in [0.05, 0.1) is 0 Å². The number of halogens is 2. The maximum atomic E-state index is 13.3. The Hall–Kier alpha value is -0.930. The quantitative estimate of drug-likeness (QED) is 0.772. The van der Waals surface area contributed by atoms with Crippen LogP contribution < -0.4 is 0 Å². The van der Waals surface area contributed by atoms with E-state index in [1.165, 1.54) is 0 Å². The molecule has 0 N–H and O–H groups in total. The van der Waals surface area contributed by atoms with Crippen LogP contribution in [0.25, 0.3) is 0 Å². The van der Waals surface area contributed by atoms with E-state index in [-0.39, 0.29) is 6.42 Å². The largest absolute Gasteiger partial charge is 0.335 e. The number of alkyl halides is 2. The summed E-state index contributed by atoms with van der Waals surface area (Å²) in [6, 6.07) is 0. The number of hydrogen-bond acceptors (Lipinski definition) is 1. The Kier molecular flexibility index (Phi) is 3.26. The smallest absolute Gasteiger partial charge is 0.251 e. The van der Waals surface area contributed by atoms with E-state index in [4.69, 9.17) is 0 Å². The lowest BCUT2D eigenvalue weighted by Gasteiger charge is -2.18. The molecule has 2 nitrogen and oxygen atoms in total. The second kappa shape index (κ2) is 4.52. The highest BCUT2D eigenvalue weighted by Gasteiger charge is 2.43. The molecule has 0 unspecified atom stereocenters. The minimum Gasteiger partial charge on any atom is -0.335 e. The minimum absolute atomic E-state index is 0.0295. The molecule has 4 heteroatoms. The van der Waals surface area contributed by atoms with Gasteiger partial charge in [0.15, 0.2) is 0 Å². The Labute approximate surface area is 94.7 Å². The molecule has 1 radical (unpaired) electrons. The summed E-state index contributed by atoms with van der Waals surface area (Å²) >= 11 is 0. The third-order valence-corrected chi connectivity index (χ3v) is 3.31. The van der Waals surface area contributed by atoms with Crippen molar-refractivity contribution in [1.29, 1.82) is 0 Å². The molecule has 1 aliphatic rings. The van der Waals surface area contributed by atoms with Crippen LogP contribution in [0.5, 0.6) is 0 Å². The van der Waals surface area contributed by atoms with Gasteiger partial charge in [0.25, 0.3) is 5.92 Å². The van der Waals surface area contributed by atoms with Crippen molar-refractivity contribution in [2.45, 2.75) is 45.1 Å². The first-order valence-electron chi connectivity index (χ1n) is 5.78. The van der Waals surface area contributed by atoms with Crippen LogP contribution in [0.1, 0.15) is 31.5 Å². The normalized spacial score (nSPS) is 23.8. The standard InChI is InChI=1S/C12H17F2N2/c1-10-15-7-9-16(10)8-3-5-11-4-2-6-12(11,13)14/h4,7,9,11H,2-3,5-6,8H2,1H3/t11-/m1/s1. The van der Waals surface area contributed by atoms with E-state index in [2.05, 4.69) is 4.98 Å². The Bertz CT molecular complexity index is 347. The van der Waals surface area contributed by atoms with Crippen molar-refractivity contribution >= 4 is 0 Å². The van der Waals surface area contributed by atoms with E-state index in [1.807, 2.05) is 17.7 Å². The molecule has 1 aromatic heterocycles. The van der Waals surface area contributed by atoms with E-state index in [1.54, 1.807) is 12.6 Å². The fraction of sp³-hybridized carbons (Fsp3) is 0.667. The summed E-state index contributed by atoms with van der Waals surface area (Å²) in [6.45, 7) is 2.71. The molecule has 2 rings (SSSR count). The van der Waals surface area contributed by atoms with Crippen molar-refractivity contribution in [2.24, 2.45) is 5.92 Å². The lowest BCUT2D eigenvalue weighted by atomic mass is 9.99. The van der Waals surface area contributed by atoms with Gasteiger partial charge in [0.2, 0.25) is 0 Å². The van der Waals surface area contributed by atoms with Crippen LogP contribution in [0.3, 0.4) is 0 Å². The first-order valence-corrected chi connectivity index (χ1v) is 5.78. The summed E-state index contributed by atoms with van der Waals surface area (Å²) in [5.74, 6) is -2.04. The SMILES string of the molecule is Cc1nccn1CCC[C@H]1[CH]CCC1(F)F. The van der Waals surface area contributed by atoms with Crippen molar-refractivity contribution in [3.8, 4) is 0 Å². The summed E-state index contributed by atoms with van der Waals surface area (Å²) in [6.07, 6.45) is 7.36. The Morgan fingerprint density at radius 2 is 2.38 bits per heavy atom. The summed E-state index contributed by atoms with van der Waals surface area (Å²) < 4.78 is 28.6. The van der Waals surface area contributed by atoms with Crippen LogP contribution >= 0.6 is 0 Å². The summed E-state index contributed by atoms with van der Waals surface area (Å²) in [4.78, 5) is 4.10. The van der Waals surface area contributed by atoms with Crippen molar-refractivity contribution in [1.82, 2.24) is 9.55 Å². The third-order valence-electron chi connectivity index (χ3n) is 3.31. The topological polar surface area (TPSA) is 17.8 Å². The molecule has 0 saturated heterocycles. The summed E-state index contributed by atoms with van der Waals surface area (Å²) in [5, 5.41) is 0. The first-order chi connectivity index (χ1) is 7.59. The molecule has 89 valence electrons. The zero-order valence-electron chi connectivity index (χ0n) is 9.50. The molecule has 1 fully saturated rings. The molecule has 1 heterocycles. The summed E-state index contributed by atoms with van der Waals surface area (Å²) in [7, 11) is 0. The molecule has 1 aromatic rings. The van der Waals surface area contributed by atoms with Gasteiger partial charge >= 0.3 is 0 Å². The second-order valence-electron chi connectivity index (χ2n) is 4.45. The fourth-order valence-corrected chi connectivity index (χ4v) is 2.29. The van der Waals surface area contributed by atoms with Crippen molar-refractivity contribution in [3.63, 3.8) is 0 Å². The van der Waals surface area contributed by atoms with Gasteiger partial charge in [0, 0.05) is 31.3 Å². The number of imidazole rings is 1. The predicted molar refractivity (Wildman–Crippen MR) is 58.2 cm³/mol. The molecule has 1 aliphatic carbocycles. The van der Waals surface area contributed by atoms with E-state index < -0.39 is 11.8 Å². The molecular formula is C12H17F2N2. The monoisotopic (exact) mass is 227 g/mol. The molecule has 1 saturated carbocycles. The molecular weight excluding hydrogens is 210 g/mol. The molecule has 0 spiro atoms. The van der Waals surface area contributed by atoms with Crippen molar-refractivity contribution < 1.29 is 8.78 Å². The predicted octanol–water partition coefficient (Wildman–Crippen LogP) is 3.22. The van der Waals surface area contributed by atoms with E-state index >= 15 is 0 Å². The molecule has 1 atom stereocenters. The van der Waals surface area contributed by atoms with Gasteiger partial charge < -0.3 is 4.57 Å². The van der Waals surface area contributed by atoms with Crippen LogP contribution in [-0.4, -0.2) is 15.5 Å². The highest BCUT2D eigenvalue weighted by Crippen LogP contribution is 2.42. The number of rotatable bonds is 4. The van der Waals surface area contributed by atoms with Crippen molar-refractivity contribution in [2.75, 3.05) is 0 Å². The minimum atomic E-state index is -2.47. The van der Waals surface area contributed by atoms with Gasteiger partial charge in [-0.15, -0.1) is 0 Å². The van der Waals surface area contributed by atoms with Gasteiger partial charge in [-0.25, -0.2) is 13.8 Å². The van der Waals surface area contributed by atoms with Gasteiger partial charge in [-0.1, -0.05) is 0 Å². The lowest BCUT2D eigenvalue weighted by molar-refractivity contribution is -0.0336. The molecule has 16 heavy (non-hydrogen) atoms. The Balaban J connectivity index is 1.78. The number of hydrogen-bond donors (Lipinski definition) is 0. The van der Waals surface area contributed by atoms with E-state index in [9.17, 15) is 8.78 Å². The lowest BCUT2D eigenvalue weighted by Crippen LogP contribution is -2.22. The highest BCUT2D eigenvalue weighted by molar-refractivity contribution is 4.96. The average Bonchev–Trinajstić information content (AvgIpc) is 2.75. The van der Waals surface area contributed by atoms with Gasteiger partial charge in [-0.3, -0.25) is 0 Å². The molecule has 0 amide bonds. The highest BCUT2D eigenvalue weighted by atomic mass is 19.3. The molecule has 0 aliphatic heterocycles. The number of aryl methyl sites for hydroxylation is 2. The van der Waals surface area contributed by atoms with E-state index in [0.717, 1.165) is 18.8 Å². The molecule has 0 aromatic carbocycles. The van der Waals surface area contributed by atoms with Gasteiger partial charge in [-0.2, -0.15) is 0 Å². The van der Waals surface area contributed by atoms with Crippen LogP contribution in [0, 0.1) is 19.3 Å². The van der Waals surface area contributed by atoms with Crippen LogP contribution in [0.2, 0.25) is 0 Å². The average molecular weight is 227 g/mol. The Morgan fingerprint density at radius 1 is 1.56 bits per heavy atom. The van der Waals surface area contributed by atoms with Gasteiger partial charge in [0.1, 0.15) is 5.82 Å². The van der Waals surface area contributed by atoms with Crippen LogP contribution in [0.15, 0.2) is 12.4 Å². The Morgan fingerprint density at radius 3 is 2.94 bits per heavy atom. The third kappa shape index (κ3) is 2.42. The van der Waals surface area contributed by atoms with Gasteiger partial charge in [-0.05, 0) is 32.6 Å². The second-order valence-corrected chi connectivity index (χ2v) is 4.45. The zero-order valence-corrected chi connectivity index (χ0v) is 9.50. The maximum Gasteiger partial charge on any atom is 0.251 e. The summed E-state index contributed by atoms with van der Waals surface area (Å²) in [5.41, 5.74) is 0. The maximum absolute atomic E-state index is 13.3. The fourth-order valence-electron chi connectivity index (χ4n) is 2.29. The first kappa shape index (κ1) is 11.6. The van der Waals surface area contributed by atoms with Crippen molar-refractivity contribution in [3.05, 3.63) is 24.6 Å². The number of nitrogens with zero attached hydrogens (tertiary/aromatic N) is 2.